The van der Waals surface area contributed by atoms with Crippen molar-refractivity contribution in [1.29, 1.82) is 0 Å². The summed E-state index contributed by atoms with van der Waals surface area (Å²) >= 11 is 0. The number of likely N-dealkylation sites (N-methyl/N-ethyl adjacent to an activating group) is 1. The van der Waals surface area contributed by atoms with Gasteiger partial charge in [0.15, 0.2) is 0 Å². The van der Waals surface area contributed by atoms with Crippen molar-refractivity contribution in [3.05, 3.63) is 0 Å². The summed E-state index contributed by atoms with van der Waals surface area (Å²) in [4.78, 5) is 14.7. The average Bonchev–Trinajstić information content (AvgIpc) is 2.45. The summed E-state index contributed by atoms with van der Waals surface area (Å²) in [6.45, 7) is 9.62. The van der Waals surface area contributed by atoms with Crippen LogP contribution in [0.3, 0.4) is 0 Å². The first-order valence-electron chi connectivity index (χ1n) is 7.93. The number of carbonyl (C=O) groups excluding carboxylic acids is 1. The summed E-state index contributed by atoms with van der Waals surface area (Å²) in [6.07, 6.45) is 3.97. The van der Waals surface area contributed by atoms with Gasteiger partial charge in [-0.1, -0.05) is 20.8 Å². The zero-order chi connectivity index (χ0) is 15.3. The predicted molar refractivity (Wildman–Crippen MR) is 82.7 cm³/mol. The van der Waals surface area contributed by atoms with Crippen molar-refractivity contribution in [2.24, 2.45) is 5.92 Å². The number of nitrogens with zero attached hydrogens (tertiary/aromatic N) is 1. The molecule has 4 heteroatoms. The number of nitrogens with one attached hydrogen (secondary N) is 1. The van der Waals surface area contributed by atoms with Crippen molar-refractivity contribution in [2.75, 3.05) is 20.7 Å². The maximum Gasteiger partial charge on any atom is 0.326 e. The smallest absolute Gasteiger partial charge is 0.326 e. The molecule has 3 atom stereocenters. The molecular weight excluding hydrogens is 252 g/mol. The second kappa shape index (κ2) is 7.41. The number of hydrogen-bond acceptors (Lipinski definition) is 4. The maximum atomic E-state index is 12.2. The van der Waals surface area contributed by atoms with Gasteiger partial charge in [-0.25, -0.2) is 0 Å². The van der Waals surface area contributed by atoms with Crippen LogP contribution in [0.5, 0.6) is 0 Å². The van der Waals surface area contributed by atoms with Crippen LogP contribution in [0, 0.1) is 5.92 Å². The minimum absolute atomic E-state index is 0.102. The van der Waals surface area contributed by atoms with Crippen LogP contribution in [0.2, 0.25) is 0 Å². The number of rotatable bonds is 6. The number of carbonyl (C=O) groups is 1. The van der Waals surface area contributed by atoms with E-state index in [-0.39, 0.29) is 5.97 Å². The van der Waals surface area contributed by atoms with E-state index >= 15 is 0 Å². The lowest BCUT2D eigenvalue weighted by Gasteiger charge is -2.44. The molecule has 0 aromatic heterocycles. The Balaban J connectivity index is 2.84. The molecule has 0 heterocycles. The van der Waals surface area contributed by atoms with Crippen molar-refractivity contribution in [3.63, 3.8) is 0 Å². The van der Waals surface area contributed by atoms with Gasteiger partial charge in [-0.3, -0.25) is 4.79 Å². The van der Waals surface area contributed by atoms with Crippen LogP contribution >= 0.6 is 0 Å². The molecule has 3 unspecified atom stereocenters. The van der Waals surface area contributed by atoms with Crippen molar-refractivity contribution < 1.29 is 9.53 Å². The van der Waals surface area contributed by atoms with E-state index in [2.05, 4.69) is 45.0 Å². The molecule has 1 fully saturated rings. The van der Waals surface area contributed by atoms with Crippen LogP contribution in [-0.2, 0) is 9.53 Å². The number of ether oxygens (including phenoxy) is 1. The first kappa shape index (κ1) is 17.4. The lowest BCUT2D eigenvalue weighted by atomic mass is 9.77. The van der Waals surface area contributed by atoms with E-state index in [0.717, 1.165) is 32.2 Å². The van der Waals surface area contributed by atoms with Gasteiger partial charge in [0.25, 0.3) is 0 Å². The van der Waals surface area contributed by atoms with Gasteiger partial charge >= 0.3 is 5.97 Å². The third-order valence-corrected chi connectivity index (χ3v) is 5.00. The van der Waals surface area contributed by atoms with Gasteiger partial charge in [0.2, 0.25) is 0 Å². The van der Waals surface area contributed by atoms with E-state index in [1.54, 1.807) is 0 Å². The van der Waals surface area contributed by atoms with Crippen LogP contribution in [0.15, 0.2) is 0 Å². The fourth-order valence-corrected chi connectivity index (χ4v) is 3.35. The van der Waals surface area contributed by atoms with Gasteiger partial charge in [0.05, 0.1) is 7.11 Å². The van der Waals surface area contributed by atoms with Crippen LogP contribution < -0.4 is 5.32 Å². The third kappa shape index (κ3) is 3.73. The summed E-state index contributed by atoms with van der Waals surface area (Å²) in [5, 5.41) is 3.40. The Morgan fingerprint density at radius 2 is 2.10 bits per heavy atom. The van der Waals surface area contributed by atoms with Crippen molar-refractivity contribution in [2.45, 2.75) is 71.0 Å². The van der Waals surface area contributed by atoms with Gasteiger partial charge in [-0.15, -0.1) is 0 Å². The minimum atomic E-state index is -0.489. The van der Waals surface area contributed by atoms with E-state index in [0.29, 0.717) is 18.0 Å². The molecule has 0 bridgehead atoms. The predicted octanol–water partition coefficient (Wildman–Crippen LogP) is 2.43. The summed E-state index contributed by atoms with van der Waals surface area (Å²) in [7, 11) is 3.68. The molecule has 0 aromatic carbocycles. The zero-order valence-corrected chi connectivity index (χ0v) is 14.0. The number of hydrogen-bond donors (Lipinski definition) is 1. The lowest BCUT2D eigenvalue weighted by Crippen LogP contribution is -2.59. The molecule has 20 heavy (non-hydrogen) atoms. The van der Waals surface area contributed by atoms with E-state index < -0.39 is 5.54 Å². The Morgan fingerprint density at radius 3 is 2.60 bits per heavy atom. The van der Waals surface area contributed by atoms with Crippen LogP contribution in [0.1, 0.15) is 53.4 Å². The van der Waals surface area contributed by atoms with Crippen molar-refractivity contribution >= 4 is 5.97 Å². The summed E-state index contributed by atoms with van der Waals surface area (Å²) in [5.41, 5.74) is -0.489. The summed E-state index contributed by atoms with van der Waals surface area (Å²) < 4.78 is 5.06. The fourth-order valence-electron chi connectivity index (χ4n) is 3.35. The maximum absolute atomic E-state index is 12.2. The van der Waals surface area contributed by atoms with Crippen LogP contribution in [0.4, 0.5) is 0 Å². The Morgan fingerprint density at radius 1 is 1.45 bits per heavy atom. The summed E-state index contributed by atoms with van der Waals surface area (Å²) in [5.74, 6) is 0.517. The number of methoxy groups -OCH3 is 1. The van der Waals surface area contributed by atoms with E-state index in [1.807, 2.05) is 0 Å². The minimum Gasteiger partial charge on any atom is -0.468 e. The lowest BCUT2D eigenvalue weighted by molar-refractivity contribution is -0.151. The molecule has 1 saturated carbocycles. The SMILES string of the molecule is CCNC1(C(=O)OC)CCCC(N(C)C(C)C(C)C)C1. The number of esters is 1. The molecule has 1 aliphatic carbocycles. The quantitative estimate of drug-likeness (QED) is 0.761. The highest BCUT2D eigenvalue weighted by molar-refractivity contribution is 5.81. The van der Waals surface area contributed by atoms with E-state index in [1.165, 1.54) is 7.11 Å². The Hall–Kier alpha value is -0.610. The molecule has 0 aliphatic heterocycles. The topological polar surface area (TPSA) is 41.6 Å². The van der Waals surface area contributed by atoms with Crippen molar-refractivity contribution in [1.82, 2.24) is 10.2 Å². The second-order valence-corrected chi connectivity index (χ2v) is 6.50. The Kier molecular flexibility index (Phi) is 6.46. The molecule has 0 spiro atoms. The van der Waals surface area contributed by atoms with Crippen LogP contribution in [0.25, 0.3) is 0 Å². The Bertz CT molecular complexity index is 316. The molecule has 0 aromatic rings. The first-order valence-corrected chi connectivity index (χ1v) is 7.93. The van der Waals surface area contributed by atoms with Gasteiger partial charge in [-0.05, 0) is 52.1 Å². The van der Waals surface area contributed by atoms with Crippen molar-refractivity contribution in [3.8, 4) is 0 Å². The molecule has 1 N–H and O–H groups in total. The monoisotopic (exact) mass is 284 g/mol. The fraction of sp³-hybridized carbons (Fsp3) is 0.938. The molecular formula is C16H32N2O2. The normalized spacial score (nSPS) is 28.7. The highest BCUT2D eigenvalue weighted by atomic mass is 16.5. The van der Waals surface area contributed by atoms with Gasteiger partial charge in [0.1, 0.15) is 5.54 Å². The molecule has 0 amide bonds. The highest BCUT2D eigenvalue weighted by Crippen LogP contribution is 2.33. The highest BCUT2D eigenvalue weighted by Gasteiger charge is 2.44. The van der Waals surface area contributed by atoms with Gasteiger partial charge in [-0.2, -0.15) is 0 Å². The first-order chi connectivity index (χ1) is 9.38. The van der Waals surface area contributed by atoms with Gasteiger partial charge < -0.3 is 15.0 Å². The largest absolute Gasteiger partial charge is 0.468 e. The van der Waals surface area contributed by atoms with Crippen LogP contribution in [-0.4, -0.2) is 49.2 Å². The molecule has 118 valence electrons. The molecule has 1 rings (SSSR count). The van der Waals surface area contributed by atoms with E-state index in [9.17, 15) is 4.79 Å². The van der Waals surface area contributed by atoms with Gasteiger partial charge in [0, 0.05) is 12.1 Å². The summed E-state index contributed by atoms with van der Waals surface area (Å²) in [6, 6.07) is 0.967. The standard InChI is InChI=1S/C16H32N2O2/c1-7-17-16(15(19)20-6)10-8-9-14(11-16)18(5)13(4)12(2)3/h12-14,17H,7-11H2,1-6H3. The average molecular weight is 284 g/mol. The third-order valence-electron chi connectivity index (χ3n) is 5.00. The zero-order valence-electron chi connectivity index (χ0n) is 14.0. The van der Waals surface area contributed by atoms with E-state index in [4.69, 9.17) is 4.74 Å². The molecule has 4 nitrogen and oxygen atoms in total. The Labute approximate surface area is 124 Å². The molecule has 1 aliphatic rings. The molecule has 0 saturated heterocycles. The molecule has 0 radical (unpaired) electrons. The second-order valence-electron chi connectivity index (χ2n) is 6.50.